The number of hydrogen-bond donors (Lipinski definition) is 0. The minimum absolute atomic E-state index is 0.0147. The van der Waals surface area contributed by atoms with Crippen molar-refractivity contribution in [1.82, 2.24) is 0 Å². The van der Waals surface area contributed by atoms with Crippen LogP contribution in [0.1, 0.15) is 18.1 Å². The van der Waals surface area contributed by atoms with Gasteiger partial charge in [-0.2, -0.15) is 13.2 Å². The van der Waals surface area contributed by atoms with Crippen LogP contribution in [-0.2, 0) is 30.3 Å². The molecule has 0 radical (unpaired) electrons. The quantitative estimate of drug-likeness (QED) is 0.246. The first-order valence-corrected chi connectivity index (χ1v) is 10.2. The number of rotatable bonds is 6. The first-order chi connectivity index (χ1) is 16.4. The summed E-state index contributed by atoms with van der Waals surface area (Å²) in [5, 5.41) is 2.29. The molecule has 5 atom stereocenters. The summed E-state index contributed by atoms with van der Waals surface area (Å²) >= 11 is 0. The van der Waals surface area contributed by atoms with Crippen molar-refractivity contribution in [2.45, 2.75) is 56.4 Å². The van der Waals surface area contributed by atoms with E-state index in [1.54, 1.807) is 0 Å². The third-order valence-electron chi connectivity index (χ3n) is 5.54. The molecule has 15 heteroatoms. The van der Waals surface area contributed by atoms with Gasteiger partial charge in [-0.1, -0.05) is 6.92 Å². The summed E-state index contributed by atoms with van der Waals surface area (Å²) in [6, 6.07) is 1.72. The number of esters is 1. The van der Waals surface area contributed by atoms with E-state index in [0.717, 1.165) is 18.2 Å². The summed E-state index contributed by atoms with van der Waals surface area (Å²) in [5.41, 5.74) is -1.19. The van der Waals surface area contributed by atoms with Crippen molar-refractivity contribution < 1.29 is 59.7 Å². The maximum absolute atomic E-state index is 13.8. The van der Waals surface area contributed by atoms with Gasteiger partial charge >= 0.3 is 18.5 Å². The monoisotopic (exact) mass is 513 g/mol. The summed E-state index contributed by atoms with van der Waals surface area (Å²) in [5.74, 6) is -2.45. The third kappa shape index (κ3) is 5.15. The van der Waals surface area contributed by atoms with Gasteiger partial charge in [0.15, 0.2) is 17.5 Å². The largest absolute Gasteiger partial charge is 0.573 e. The van der Waals surface area contributed by atoms with Gasteiger partial charge in [0, 0.05) is 5.56 Å². The molecule has 3 aliphatic rings. The van der Waals surface area contributed by atoms with E-state index in [9.17, 15) is 36.0 Å². The lowest BCUT2D eigenvalue weighted by atomic mass is 9.97. The number of aryl methyl sites for hydroxylation is 1. The lowest BCUT2D eigenvalue weighted by Gasteiger charge is -2.30. The molecule has 0 unspecified atom stereocenters. The standard InChI is InChI=1S/C20H17F6NO8/c1-2-8-3-10(34-20(24,25)26)4-9-5-11(17(19(21,22)23)33-14(8)9)18(28)32-12-6-30-16-13(35-27-29)7-31-15(12)16/h3-5,12-13,15-17H,2,6-7H2,1H3/t12-,13+,15+,16+,17-/m0/s1. The Bertz CT molecular complexity index is 1030. The van der Waals surface area contributed by atoms with Crippen molar-refractivity contribution in [3.63, 3.8) is 0 Å². The summed E-state index contributed by atoms with van der Waals surface area (Å²) in [6.45, 7) is 1.12. The fourth-order valence-corrected chi connectivity index (χ4v) is 4.10. The molecule has 3 aliphatic heterocycles. The molecule has 0 spiro atoms. The number of ether oxygens (including phenoxy) is 5. The van der Waals surface area contributed by atoms with Gasteiger partial charge in [-0.25, -0.2) is 4.79 Å². The van der Waals surface area contributed by atoms with E-state index in [0.29, 0.717) is 0 Å². The van der Waals surface area contributed by atoms with Crippen LogP contribution < -0.4 is 9.47 Å². The second-order valence-corrected chi connectivity index (χ2v) is 7.80. The van der Waals surface area contributed by atoms with Crippen LogP contribution in [0.2, 0.25) is 0 Å². The van der Waals surface area contributed by atoms with Crippen LogP contribution in [0.4, 0.5) is 26.3 Å². The normalized spacial score (nSPS) is 27.9. The molecule has 1 aromatic carbocycles. The zero-order chi connectivity index (χ0) is 25.5. The first kappa shape index (κ1) is 25.0. The molecule has 0 aliphatic carbocycles. The number of halogens is 6. The fraction of sp³-hybridized carbons (Fsp3) is 0.550. The molecule has 192 valence electrons. The lowest BCUT2D eigenvalue weighted by molar-refractivity contribution is -0.274. The van der Waals surface area contributed by atoms with E-state index in [1.807, 2.05) is 0 Å². The van der Waals surface area contributed by atoms with Crippen LogP contribution in [0.15, 0.2) is 23.0 Å². The van der Waals surface area contributed by atoms with Crippen LogP contribution in [0.5, 0.6) is 11.5 Å². The highest BCUT2D eigenvalue weighted by molar-refractivity contribution is 5.96. The molecule has 3 heterocycles. The number of carbonyl (C=O) groups excluding carboxylic acids is 1. The van der Waals surface area contributed by atoms with Gasteiger partial charge in [-0.15, -0.1) is 18.1 Å². The average Bonchev–Trinajstić information content (AvgIpc) is 3.34. The minimum atomic E-state index is -5.05. The minimum Gasteiger partial charge on any atom is -0.475 e. The van der Waals surface area contributed by atoms with Crippen LogP contribution in [0.25, 0.3) is 6.08 Å². The summed E-state index contributed by atoms with van der Waals surface area (Å²) in [4.78, 5) is 27.7. The van der Waals surface area contributed by atoms with E-state index >= 15 is 0 Å². The zero-order valence-corrected chi connectivity index (χ0v) is 17.7. The Labute approximate surface area is 192 Å². The van der Waals surface area contributed by atoms with Crippen LogP contribution >= 0.6 is 0 Å². The molecule has 35 heavy (non-hydrogen) atoms. The molecule has 2 fully saturated rings. The Hall–Kier alpha value is -3.07. The molecule has 0 amide bonds. The molecule has 0 saturated carbocycles. The number of nitrogens with zero attached hydrogens (tertiary/aromatic N) is 1. The molecular weight excluding hydrogens is 496 g/mol. The van der Waals surface area contributed by atoms with E-state index < -0.39 is 60.4 Å². The smallest absolute Gasteiger partial charge is 0.475 e. The van der Waals surface area contributed by atoms with Gasteiger partial charge in [-0.3, -0.25) is 0 Å². The highest BCUT2D eigenvalue weighted by Gasteiger charge is 2.53. The van der Waals surface area contributed by atoms with E-state index in [4.69, 9.17) is 18.9 Å². The Morgan fingerprint density at radius 2 is 1.74 bits per heavy atom. The maximum atomic E-state index is 13.8. The van der Waals surface area contributed by atoms with Crippen molar-refractivity contribution in [3.8, 4) is 11.5 Å². The van der Waals surface area contributed by atoms with Crippen molar-refractivity contribution >= 4 is 12.0 Å². The van der Waals surface area contributed by atoms with Crippen molar-refractivity contribution in [2.24, 2.45) is 5.34 Å². The van der Waals surface area contributed by atoms with Gasteiger partial charge in [-0.05, 0) is 30.2 Å². The van der Waals surface area contributed by atoms with Crippen LogP contribution in [0.3, 0.4) is 0 Å². The van der Waals surface area contributed by atoms with Gasteiger partial charge < -0.3 is 28.5 Å². The van der Waals surface area contributed by atoms with E-state index in [2.05, 4.69) is 14.9 Å². The molecular formula is C20H17F6NO8. The second-order valence-electron chi connectivity index (χ2n) is 7.80. The predicted molar refractivity (Wildman–Crippen MR) is 101 cm³/mol. The van der Waals surface area contributed by atoms with E-state index in [-0.39, 0.29) is 36.5 Å². The molecule has 4 rings (SSSR count). The third-order valence-corrected chi connectivity index (χ3v) is 5.54. The molecule has 1 aromatic rings. The van der Waals surface area contributed by atoms with Gasteiger partial charge in [0.05, 0.1) is 18.8 Å². The highest BCUT2D eigenvalue weighted by Crippen LogP contribution is 2.42. The van der Waals surface area contributed by atoms with Crippen molar-refractivity contribution in [2.75, 3.05) is 13.2 Å². The predicted octanol–water partition coefficient (Wildman–Crippen LogP) is 3.63. The highest BCUT2D eigenvalue weighted by atomic mass is 19.4. The second kappa shape index (κ2) is 9.18. The topological polar surface area (TPSA) is 102 Å². The lowest BCUT2D eigenvalue weighted by Crippen LogP contribution is -2.43. The van der Waals surface area contributed by atoms with Gasteiger partial charge in [0.2, 0.25) is 6.10 Å². The summed E-state index contributed by atoms with van der Waals surface area (Å²) in [7, 11) is 0. The van der Waals surface area contributed by atoms with Crippen molar-refractivity contribution in [3.05, 3.63) is 33.7 Å². The average molecular weight is 513 g/mol. The SMILES string of the molecule is CCc1cc(OC(F)(F)F)cc2c1O[C@H](C(F)(F)F)C(C(=O)O[C@H]1CO[C@H]3[C@@H]1OC[C@H]3ON=O)=C2. The Morgan fingerprint density at radius 1 is 1.09 bits per heavy atom. The van der Waals surface area contributed by atoms with E-state index in [1.165, 1.54) is 6.92 Å². The Balaban J connectivity index is 1.63. The zero-order valence-electron chi connectivity index (χ0n) is 17.7. The molecule has 0 bridgehead atoms. The van der Waals surface area contributed by atoms with Crippen molar-refractivity contribution in [1.29, 1.82) is 0 Å². The van der Waals surface area contributed by atoms with Gasteiger partial charge in [0.1, 0.15) is 23.7 Å². The van der Waals surface area contributed by atoms with Gasteiger partial charge in [0.25, 0.3) is 0 Å². The number of benzene rings is 1. The van der Waals surface area contributed by atoms with Crippen LogP contribution in [-0.4, -0.2) is 62.2 Å². The molecule has 0 N–H and O–H groups in total. The number of fused-ring (bicyclic) bond motifs is 2. The van der Waals surface area contributed by atoms with Crippen LogP contribution in [0, 0.1) is 4.91 Å². The summed E-state index contributed by atoms with van der Waals surface area (Å²) in [6.07, 6.45) is -15.8. The molecule has 2 saturated heterocycles. The number of carbonyl (C=O) groups is 1. The number of alkyl halides is 6. The molecule has 0 aromatic heterocycles. The molecule has 9 nitrogen and oxygen atoms in total. The number of hydrogen-bond acceptors (Lipinski definition) is 9. The fourth-order valence-electron chi connectivity index (χ4n) is 4.10. The Morgan fingerprint density at radius 3 is 2.34 bits per heavy atom. The maximum Gasteiger partial charge on any atom is 0.573 e. The first-order valence-electron chi connectivity index (χ1n) is 10.2. The summed E-state index contributed by atoms with van der Waals surface area (Å²) < 4.78 is 104. The Kier molecular flexibility index (Phi) is 6.57.